The Labute approximate surface area is 201 Å². The first kappa shape index (κ1) is 22.8. The molecule has 33 heavy (non-hydrogen) atoms. The van der Waals surface area contributed by atoms with Gasteiger partial charge < -0.3 is 10.1 Å². The number of aryl methyl sites for hydroxylation is 2. The van der Waals surface area contributed by atoms with Crippen molar-refractivity contribution in [3.8, 4) is 22.8 Å². The van der Waals surface area contributed by atoms with Crippen LogP contribution in [0.15, 0.2) is 66.1 Å². The predicted molar refractivity (Wildman–Crippen MR) is 131 cm³/mol. The number of aromatic nitrogens is 4. The number of amides is 1. The minimum atomic E-state index is -0.177. The number of thioether (sulfide) groups is 1. The normalized spacial score (nSPS) is 10.8. The van der Waals surface area contributed by atoms with Crippen molar-refractivity contribution in [2.75, 3.05) is 18.2 Å². The monoisotopic (exact) mass is 479 g/mol. The minimum absolute atomic E-state index is 0.147. The maximum Gasteiger partial charge on any atom is 0.234 e. The van der Waals surface area contributed by atoms with E-state index in [-0.39, 0.29) is 11.7 Å². The topological polar surface area (TPSA) is 81.9 Å². The van der Waals surface area contributed by atoms with Crippen LogP contribution in [-0.4, -0.2) is 38.5 Å². The van der Waals surface area contributed by atoms with Crippen LogP contribution in [-0.2, 0) is 4.79 Å². The van der Waals surface area contributed by atoms with Crippen molar-refractivity contribution in [1.82, 2.24) is 19.7 Å². The van der Waals surface area contributed by atoms with E-state index >= 15 is 0 Å². The summed E-state index contributed by atoms with van der Waals surface area (Å²) in [6.07, 6.45) is 3.41. The van der Waals surface area contributed by atoms with Crippen molar-refractivity contribution in [3.63, 3.8) is 0 Å². The molecule has 168 valence electrons. The summed E-state index contributed by atoms with van der Waals surface area (Å²) in [5.41, 5.74) is 4.31. The molecule has 2 aromatic heterocycles. The molecule has 4 aromatic rings. The number of hydrogen-bond donors (Lipinski definition) is 1. The summed E-state index contributed by atoms with van der Waals surface area (Å²) < 4.78 is 7.19. The molecule has 0 atom stereocenters. The average Bonchev–Trinajstić information content (AvgIpc) is 3.24. The van der Waals surface area contributed by atoms with Crippen LogP contribution in [0.25, 0.3) is 17.1 Å². The summed E-state index contributed by atoms with van der Waals surface area (Å²) >= 11 is 7.63. The van der Waals surface area contributed by atoms with Gasteiger partial charge in [0.15, 0.2) is 11.0 Å². The first-order valence-electron chi connectivity index (χ1n) is 10.2. The van der Waals surface area contributed by atoms with Crippen molar-refractivity contribution in [2.45, 2.75) is 19.0 Å². The van der Waals surface area contributed by atoms with E-state index in [0.29, 0.717) is 21.7 Å². The van der Waals surface area contributed by atoms with Gasteiger partial charge in [0.2, 0.25) is 5.91 Å². The number of anilines is 1. The number of rotatable bonds is 7. The van der Waals surface area contributed by atoms with Crippen LogP contribution in [0.2, 0.25) is 5.02 Å². The van der Waals surface area contributed by atoms with Gasteiger partial charge in [0.1, 0.15) is 5.75 Å². The zero-order valence-corrected chi connectivity index (χ0v) is 19.9. The lowest BCUT2D eigenvalue weighted by Crippen LogP contribution is -2.16. The van der Waals surface area contributed by atoms with Crippen LogP contribution in [0.3, 0.4) is 0 Å². The molecule has 1 N–H and O–H groups in total. The average molecular weight is 480 g/mol. The molecule has 0 saturated carbocycles. The van der Waals surface area contributed by atoms with Crippen LogP contribution in [0.1, 0.15) is 11.1 Å². The summed E-state index contributed by atoms with van der Waals surface area (Å²) in [6, 6.07) is 15.1. The number of halogens is 1. The Hall–Kier alpha value is -3.36. The van der Waals surface area contributed by atoms with Crippen molar-refractivity contribution >= 4 is 35.0 Å². The van der Waals surface area contributed by atoms with Crippen LogP contribution >= 0.6 is 23.4 Å². The van der Waals surface area contributed by atoms with Gasteiger partial charge in [-0.3, -0.25) is 14.3 Å². The Morgan fingerprint density at radius 1 is 1.09 bits per heavy atom. The molecule has 2 aromatic carbocycles. The summed E-state index contributed by atoms with van der Waals surface area (Å²) in [5, 5.41) is 12.8. The fourth-order valence-electron chi connectivity index (χ4n) is 3.40. The standard InChI is InChI=1S/C24H22ClN5O2S/c1-15-12-16(2)22(20(25)13-15)27-21(31)14-33-24-29-28-23(17-8-10-26-11-9-17)30(24)18-4-6-19(32-3)7-5-18/h4-13H,14H2,1-3H3,(H,27,31). The number of nitrogens with zero attached hydrogens (tertiary/aromatic N) is 4. The molecule has 0 unspecified atom stereocenters. The second kappa shape index (κ2) is 10.1. The second-order valence-corrected chi connectivity index (χ2v) is 8.70. The summed E-state index contributed by atoms with van der Waals surface area (Å²) in [7, 11) is 1.62. The van der Waals surface area contributed by atoms with Crippen LogP contribution in [0.4, 0.5) is 5.69 Å². The molecule has 0 aliphatic carbocycles. The number of carbonyl (C=O) groups is 1. The number of pyridine rings is 1. The lowest BCUT2D eigenvalue weighted by Gasteiger charge is -2.13. The van der Waals surface area contributed by atoms with E-state index in [1.165, 1.54) is 11.8 Å². The molecule has 0 bridgehead atoms. The zero-order valence-electron chi connectivity index (χ0n) is 18.4. The number of carbonyl (C=O) groups excluding carboxylic acids is 1. The molecule has 0 spiro atoms. The highest BCUT2D eigenvalue weighted by Crippen LogP contribution is 2.30. The van der Waals surface area contributed by atoms with Gasteiger partial charge in [-0.1, -0.05) is 29.4 Å². The first-order valence-corrected chi connectivity index (χ1v) is 11.5. The highest BCUT2D eigenvalue weighted by atomic mass is 35.5. The second-order valence-electron chi connectivity index (χ2n) is 7.35. The molecule has 2 heterocycles. The molecule has 7 nitrogen and oxygen atoms in total. The van der Waals surface area contributed by atoms with Crippen LogP contribution in [0.5, 0.6) is 5.75 Å². The van der Waals surface area contributed by atoms with Gasteiger partial charge in [0.25, 0.3) is 0 Å². The number of methoxy groups -OCH3 is 1. The number of hydrogen-bond acceptors (Lipinski definition) is 6. The van der Waals surface area contributed by atoms with Gasteiger partial charge in [-0.25, -0.2) is 0 Å². The first-order chi connectivity index (χ1) is 16.0. The quantitative estimate of drug-likeness (QED) is 0.360. The molecule has 9 heteroatoms. The summed E-state index contributed by atoms with van der Waals surface area (Å²) in [4.78, 5) is 16.8. The molecule has 0 aliphatic heterocycles. The summed E-state index contributed by atoms with van der Waals surface area (Å²) in [6.45, 7) is 3.88. The van der Waals surface area contributed by atoms with E-state index < -0.39 is 0 Å². The van der Waals surface area contributed by atoms with Crippen molar-refractivity contribution in [2.24, 2.45) is 0 Å². The lowest BCUT2D eigenvalue weighted by atomic mass is 10.1. The molecular weight excluding hydrogens is 458 g/mol. The molecular formula is C24H22ClN5O2S. The lowest BCUT2D eigenvalue weighted by molar-refractivity contribution is -0.113. The third-order valence-corrected chi connectivity index (χ3v) is 6.16. The molecule has 0 radical (unpaired) electrons. The van der Waals surface area contributed by atoms with Crippen molar-refractivity contribution < 1.29 is 9.53 Å². The maximum atomic E-state index is 12.7. The third kappa shape index (κ3) is 5.18. The molecule has 0 aliphatic rings. The Kier molecular flexibility index (Phi) is 6.96. The van der Waals surface area contributed by atoms with E-state index in [2.05, 4.69) is 20.5 Å². The maximum absolute atomic E-state index is 12.7. The largest absolute Gasteiger partial charge is 0.497 e. The van der Waals surface area contributed by atoms with Gasteiger partial charge in [-0.15, -0.1) is 10.2 Å². The third-order valence-electron chi connectivity index (χ3n) is 4.93. The van der Waals surface area contributed by atoms with E-state index in [1.807, 2.05) is 66.9 Å². The molecule has 0 saturated heterocycles. The van der Waals surface area contributed by atoms with Gasteiger partial charge in [0, 0.05) is 23.6 Å². The van der Waals surface area contributed by atoms with Gasteiger partial charge in [-0.05, 0) is 67.4 Å². The number of benzene rings is 2. The Bertz CT molecular complexity index is 1250. The molecule has 1 amide bonds. The van der Waals surface area contributed by atoms with Crippen molar-refractivity contribution in [1.29, 1.82) is 0 Å². The van der Waals surface area contributed by atoms with Gasteiger partial charge in [-0.2, -0.15) is 0 Å². The van der Waals surface area contributed by atoms with Crippen molar-refractivity contribution in [3.05, 3.63) is 77.1 Å². The van der Waals surface area contributed by atoms with E-state index in [1.54, 1.807) is 19.5 Å². The van der Waals surface area contributed by atoms with Gasteiger partial charge in [0.05, 0.1) is 23.6 Å². The molecule has 4 rings (SSSR count). The SMILES string of the molecule is COc1ccc(-n2c(SCC(=O)Nc3c(C)cc(C)cc3Cl)nnc2-c2ccncc2)cc1. The minimum Gasteiger partial charge on any atom is -0.497 e. The van der Waals surface area contributed by atoms with E-state index in [4.69, 9.17) is 16.3 Å². The Morgan fingerprint density at radius 2 is 1.82 bits per heavy atom. The van der Waals surface area contributed by atoms with Crippen LogP contribution < -0.4 is 10.1 Å². The predicted octanol–water partition coefficient (Wildman–Crippen LogP) is 5.34. The zero-order chi connectivity index (χ0) is 23.4. The van der Waals surface area contributed by atoms with E-state index in [0.717, 1.165) is 28.1 Å². The van der Waals surface area contributed by atoms with Crippen LogP contribution in [0, 0.1) is 13.8 Å². The van der Waals surface area contributed by atoms with E-state index in [9.17, 15) is 4.79 Å². The molecule has 0 fully saturated rings. The highest BCUT2D eigenvalue weighted by molar-refractivity contribution is 7.99. The highest BCUT2D eigenvalue weighted by Gasteiger charge is 2.18. The smallest absolute Gasteiger partial charge is 0.234 e. The fraction of sp³-hybridized carbons (Fsp3) is 0.167. The fourth-order valence-corrected chi connectivity index (χ4v) is 4.52. The number of nitrogens with one attached hydrogen (secondary N) is 1. The van der Waals surface area contributed by atoms with Gasteiger partial charge >= 0.3 is 0 Å². The summed E-state index contributed by atoms with van der Waals surface area (Å²) in [5.74, 6) is 1.37. The number of ether oxygens (including phenoxy) is 1. The Balaban J connectivity index is 1.60. The Morgan fingerprint density at radius 3 is 2.48 bits per heavy atom.